The summed E-state index contributed by atoms with van der Waals surface area (Å²) in [5, 5.41) is -0.0237. The van der Waals surface area contributed by atoms with Gasteiger partial charge in [-0.05, 0) is 56.3 Å². The van der Waals surface area contributed by atoms with E-state index in [0.29, 0.717) is 13.1 Å². The molecule has 0 N–H and O–H groups in total. The predicted molar refractivity (Wildman–Crippen MR) is 120 cm³/mol. The lowest BCUT2D eigenvalue weighted by Crippen LogP contribution is -2.49. The molecule has 1 saturated heterocycles. The second-order valence-electron chi connectivity index (χ2n) is 7.72. The summed E-state index contributed by atoms with van der Waals surface area (Å²) in [5.41, 5.74) is 0.0387. The molecule has 0 aromatic heterocycles. The minimum absolute atomic E-state index is 0.0237. The standard InChI is InChI=1S/C22H24ClFN2O6S/c1-14-11-26(12-15(2)32-14)21(27)13-31-22(28)19-10-18(8-9-20(19)23)33(29,30)25(3)17-6-4-16(24)5-7-17/h4-10,14-15H,11-13H2,1-3H3. The van der Waals surface area contributed by atoms with Gasteiger partial charge in [0.2, 0.25) is 0 Å². The number of anilines is 1. The van der Waals surface area contributed by atoms with Crippen LogP contribution in [0.1, 0.15) is 24.2 Å². The summed E-state index contributed by atoms with van der Waals surface area (Å²) in [6.45, 7) is 3.93. The van der Waals surface area contributed by atoms with E-state index in [1.54, 1.807) is 4.90 Å². The molecule has 0 spiro atoms. The quantitative estimate of drug-likeness (QED) is 0.568. The monoisotopic (exact) mass is 498 g/mol. The number of carbonyl (C=O) groups excluding carboxylic acids is 2. The number of carbonyl (C=O) groups is 2. The van der Waals surface area contributed by atoms with E-state index >= 15 is 0 Å². The van der Waals surface area contributed by atoms with Gasteiger partial charge in [-0.25, -0.2) is 17.6 Å². The van der Waals surface area contributed by atoms with E-state index in [-0.39, 0.29) is 39.3 Å². The van der Waals surface area contributed by atoms with Crippen molar-refractivity contribution < 1.29 is 31.9 Å². The molecule has 3 rings (SSSR count). The van der Waals surface area contributed by atoms with Crippen molar-refractivity contribution in [3.63, 3.8) is 0 Å². The molecule has 1 aliphatic rings. The zero-order chi connectivity index (χ0) is 24.3. The molecule has 2 aromatic rings. The lowest BCUT2D eigenvalue weighted by atomic mass is 10.2. The highest BCUT2D eigenvalue weighted by molar-refractivity contribution is 7.92. The van der Waals surface area contributed by atoms with Gasteiger partial charge in [-0.1, -0.05) is 11.6 Å². The Morgan fingerprint density at radius 3 is 2.36 bits per heavy atom. The van der Waals surface area contributed by atoms with Crippen molar-refractivity contribution >= 4 is 39.2 Å². The lowest BCUT2D eigenvalue weighted by Gasteiger charge is -2.35. The highest BCUT2D eigenvalue weighted by atomic mass is 35.5. The zero-order valence-corrected chi connectivity index (χ0v) is 19.9. The maximum Gasteiger partial charge on any atom is 0.340 e. The Balaban J connectivity index is 1.74. The molecule has 0 saturated carbocycles. The molecule has 178 valence electrons. The highest BCUT2D eigenvalue weighted by Crippen LogP contribution is 2.26. The first-order chi connectivity index (χ1) is 15.5. The molecule has 33 heavy (non-hydrogen) atoms. The Morgan fingerprint density at radius 2 is 1.76 bits per heavy atom. The number of nitrogens with zero attached hydrogens (tertiary/aromatic N) is 2. The number of hydrogen-bond donors (Lipinski definition) is 0. The van der Waals surface area contributed by atoms with Gasteiger partial charge in [-0.3, -0.25) is 9.10 Å². The highest BCUT2D eigenvalue weighted by Gasteiger charge is 2.28. The summed E-state index contributed by atoms with van der Waals surface area (Å²) in [7, 11) is -2.78. The molecule has 8 nitrogen and oxygen atoms in total. The Morgan fingerprint density at radius 1 is 1.15 bits per heavy atom. The van der Waals surface area contributed by atoms with Crippen LogP contribution >= 0.6 is 11.6 Å². The molecular formula is C22H24ClFN2O6S. The number of halogens is 2. The third kappa shape index (κ3) is 5.82. The maximum atomic E-state index is 13.2. The minimum atomic E-state index is -4.08. The smallest absolute Gasteiger partial charge is 0.340 e. The van der Waals surface area contributed by atoms with Crippen LogP contribution in [0.25, 0.3) is 0 Å². The molecule has 0 bridgehead atoms. The van der Waals surface area contributed by atoms with Crippen molar-refractivity contribution in [2.45, 2.75) is 31.0 Å². The van der Waals surface area contributed by atoms with Gasteiger partial charge < -0.3 is 14.4 Å². The van der Waals surface area contributed by atoms with E-state index in [1.165, 1.54) is 31.3 Å². The Hall–Kier alpha value is -2.69. The average molecular weight is 499 g/mol. The number of rotatable bonds is 6. The summed E-state index contributed by atoms with van der Waals surface area (Å²) >= 11 is 6.09. The second-order valence-corrected chi connectivity index (χ2v) is 10.1. The Labute approximate surface area is 196 Å². The molecule has 1 heterocycles. The molecule has 0 aliphatic carbocycles. The van der Waals surface area contributed by atoms with Crippen LogP contribution in [0.5, 0.6) is 0 Å². The van der Waals surface area contributed by atoms with Gasteiger partial charge in [-0.15, -0.1) is 0 Å². The van der Waals surface area contributed by atoms with E-state index < -0.39 is 28.4 Å². The molecule has 11 heteroatoms. The third-order valence-electron chi connectivity index (χ3n) is 5.11. The minimum Gasteiger partial charge on any atom is -0.452 e. The van der Waals surface area contributed by atoms with Crippen LogP contribution in [-0.4, -0.2) is 64.1 Å². The van der Waals surface area contributed by atoms with E-state index in [0.717, 1.165) is 22.5 Å². The average Bonchev–Trinajstić information content (AvgIpc) is 2.76. The largest absolute Gasteiger partial charge is 0.452 e. The van der Waals surface area contributed by atoms with Gasteiger partial charge in [-0.2, -0.15) is 0 Å². The number of benzene rings is 2. The molecule has 2 aromatic carbocycles. The van der Waals surface area contributed by atoms with Crippen molar-refractivity contribution in [3.8, 4) is 0 Å². The molecule has 1 amide bonds. The maximum absolute atomic E-state index is 13.2. The van der Waals surface area contributed by atoms with Crippen molar-refractivity contribution in [2.75, 3.05) is 31.0 Å². The number of esters is 1. The van der Waals surface area contributed by atoms with Gasteiger partial charge >= 0.3 is 5.97 Å². The van der Waals surface area contributed by atoms with Gasteiger partial charge in [0.25, 0.3) is 15.9 Å². The number of sulfonamides is 1. The van der Waals surface area contributed by atoms with Crippen molar-refractivity contribution in [1.82, 2.24) is 4.90 Å². The predicted octanol–water partition coefficient (Wildman–Crippen LogP) is 3.10. The Bertz CT molecular complexity index is 1130. The van der Waals surface area contributed by atoms with Crippen LogP contribution in [0.3, 0.4) is 0 Å². The van der Waals surface area contributed by atoms with E-state index in [9.17, 15) is 22.4 Å². The van der Waals surface area contributed by atoms with E-state index in [2.05, 4.69) is 0 Å². The fourth-order valence-electron chi connectivity index (χ4n) is 3.45. The van der Waals surface area contributed by atoms with Crippen LogP contribution in [0, 0.1) is 5.82 Å². The third-order valence-corrected chi connectivity index (χ3v) is 7.22. The molecular weight excluding hydrogens is 475 g/mol. The summed E-state index contributed by atoms with van der Waals surface area (Å²) < 4.78 is 50.8. The number of ether oxygens (including phenoxy) is 2. The van der Waals surface area contributed by atoms with E-state index in [1.807, 2.05) is 13.8 Å². The van der Waals surface area contributed by atoms with Gasteiger partial charge in [0.1, 0.15) is 5.82 Å². The van der Waals surface area contributed by atoms with Crippen molar-refractivity contribution in [2.24, 2.45) is 0 Å². The Kier molecular flexibility index (Phi) is 7.61. The fraction of sp³-hybridized carbons (Fsp3) is 0.364. The molecule has 1 fully saturated rings. The van der Waals surface area contributed by atoms with Gasteiger partial charge in [0, 0.05) is 20.1 Å². The van der Waals surface area contributed by atoms with Crippen molar-refractivity contribution in [3.05, 3.63) is 58.9 Å². The number of hydrogen-bond acceptors (Lipinski definition) is 6. The first-order valence-corrected chi connectivity index (χ1v) is 11.9. The summed E-state index contributed by atoms with van der Waals surface area (Å²) in [4.78, 5) is 26.4. The SMILES string of the molecule is CC1CN(C(=O)COC(=O)c2cc(S(=O)(=O)N(C)c3ccc(F)cc3)ccc2Cl)CC(C)O1. The van der Waals surface area contributed by atoms with Crippen LogP contribution < -0.4 is 4.31 Å². The second kappa shape index (κ2) is 10.1. The normalized spacial score (nSPS) is 18.6. The van der Waals surface area contributed by atoms with Gasteiger partial charge in [0.05, 0.1) is 33.4 Å². The molecule has 2 unspecified atom stereocenters. The van der Waals surface area contributed by atoms with Crippen LogP contribution in [0.2, 0.25) is 5.02 Å². The zero-order valence-electron chi connectivity index (χ0n) is 18.3. The molecule has 1 aliphatic heterocycles. The molecule has 0 radical (unpaired) electrons. The number of morpholine rings is 1. The van der Waals surface area contributed by atoms with Gasteiger partial charge in [0.15, 0.2) is 6.61 Å². The van der Waals surface area contributed by atoms with Crippen LogP contribution in [0.4, 0.5) is 10.1 Å². The first-order valence-electron chi connectivity index (χ1n) is 10.1. The summed E-state index contributed by atoms with van der Waals surface area (Å²) in [6.07, 6.45) is -0.273. The van der Waals surface area contributed by atoms with Crippen LogP contribution in [-0.2, 0) is 24.3 Å². The lowest BCUT2D eigenvalue weighted by molar-refractivity contribution is -0.146. The summed E-state index contributed by atoms with van der Waals surface area (Å²) in [6, 6.07) is 8.50. The summed E-state index contributed by atoms with van der Waals surface area (Å²) in [5.74, 6) is -1.82. The van der Waals surface area contributed by atoms with Crippen LogP contribution in [0.15, 0.2) is 47.4 Å². The first kappa shape index (κ1) is 24.9. The fourth-order valence-corrected chi connectivity index (χ4v) is 4.86. The molecule has 2 atom stereocenters. The topological polar surface area (TPSA) is 93.2 Å². The van der Waals surface area contributed by atoms with E-state index in [4.69, 9.17) is 21.1 Å². The van der Waals surface area contributed by atoms with Crippen molar-refractivity contribution in [1.29, 1.82) is 0 Å². The number of amides is 1.